The number of hydrogen-bond acceptors (Lipinski definition) is 20. The monoisotopic (exact) mass is 924 g/mol. The number of para-hydroxylation sites is 2. The maximum atomic E-state index is 12.8. The first kappa shape index (κ1) is 48.6. The molecule has 0 atom stereocenters. The number of ether oxygens (including phenoxy) is 2. The smallest absolute Gasteiger partial charge is 0.744 e. The van der Waals surface area contributed by atoms with Crippen LogP contribution in [0.4, 0.5) is 58.4 Å². The van der Waals surface area contributed by atoms with Gasteiger partial charge >= 0.3 is 59.1 Å². The molecule has 2 saturated heterocycles. The number of anilines is 10. The largest absolute Gasteiger partial charge is 1.00 e. The van der Waals surface area contributed by atoms with Crippen LogP contribution in [0.25, 0.3) is 9.81 Å². The standard InChI is InChI=1S/C40H40N12O8S2.2Na/c53-61(54,55)33(27-11-15-31(16-12-27)43-37-45-35(41-29-7-3-1-4-8-29)47-39(49-37)51-19-23-59-24-20-51)34(62(56,57)58)28-13-17-32(18-14-28)44-38-46-36(42-30-9-5-2-6-10-30)48-40(50-38)52-21-25-60-26-22-52;;/h1-18H,19-26H2,(H,53,54,55)(H,56,57,58)(H2,41,43,45,47,49)(H2,42,44,46,48,50);;/q;2*+1/p-2. The van der Waals surface area contributed by atoms with E-state index in [1.807, 2.05) is 70.5 Å². The first-order chi connectivity index (χ1) is 29.9. The van der Waals surface area contributed by atoms with Crippen molar-refractivity contribution >= 4 is 88.5 Å². The molecule has 2 aliphatic heterocycles. The molecule has 64 heavy (non-hydrogen) atoms. The summed E-state index contributed by atoms with van der Waals surface area (Å²) < 4.78 is 88.0. The Morgan fingerprint density at radius 2 is 0.719 bits per heavy atom. The van der Waals surface area contributed by atoms with Gasteiger partial charge in [0.25, 0.3) is 0 Å². The SMILES string of the molecule is O=S(=O)([O-])C(=C(c1ccc(Nc2nc(Nc3ccccc3)nc(N3CCOCC3)n2)cc1)S(=O)(=O)[O-])c1ccc(Nc2nc(Nc3ccccc3)nc(N3CCOCC3)n2)cc1.[Na+].[Na+]. The second-order valence-corrected chi connectivity index (χ2v) is 16.4. The zero-order valence-corrected chi connectivity index (χ0v) is 40.3. The molecule has 2 fully saturated rings. The first-order valence-corrected chi connectivity index (χ1v) is 22.0. The summed E-state index contributed by atoms with van der Waals surface area (Å²) >= 11 is 0. The number of rotatable bonds is 14. The Morgan fingerprint density at radius 1 is 0.438 bits per heavy atom. The Kier molecular flexibility index (Phi) is 16.6. The molecule has 2 aliphatic rings. The summed E-state index contributed by atoms with van der Waals surface area (Å²) in [4.78, 5) is 28.7. The summed E-state index contributed by atoms with van der Waals surface area (Å²) in [6, 6.07) is 29.0. The predicted octanol–water partition coefficient (Wildman–Crippen LogP) is -1.37. The van der Waals surface area contributed by atoms with Crippen LogP contribution in [-0.2, 0) is 29.7 Å². The molecule has 0 unspecified atom stereocenters. The van der Waals surface area contributed by atoms with Gasteiger partial charge in [0.2, 0.25) is 35.7 Å². The Hall–Kier alpha value is -4.82. The fourth-order valence-corrected chi connectivity index (χ4v) is 8.66. The summed E-state index contributed by atoms with van der Waals surface area (Å²) in [5.74, 6) is 1.52. The number of hydrogen-bond donors (Lipinski definition) is 4. The van der Waals surface area contributed by atoms with E-state index >= 15 is 0 Å². The van der Waals surface area contributed by atoms with Gasteiger partial charge in [-0.05, 0) is 59.7 Å². The van der Waals surface area contributed by atoms with E-state index in [1.54, 1.807) is 0 Å². The van der Waals surface area contributed by atoms with E-state index in [-0.39, 0.29) is 94.0 Å². The summed E-state index contributed by atoms with van der Waals surface area (Å²) in [6.45, 7) is 4.16. The van der Waals surface area contributed by atoms with Crippen molar-refractivity contribution in [3.05, 3.63) is 120 Å². The normalized spacial score (nSPS) is 14.6. The van der Waals surface area contributed by atoms with Gasteiger partial charge in [0.05, 0.1) is 36.2 Å². The molecular weight excluding hydrogens is 887 g/mol. The molecule has 20 nitrogen and oxygen atoms in total. The average Bonchev–Trinajstić information content (AvgIpc) is 3.27. The van der Waals surface area contributed by atoms with Crippen LogP contribution in [0.1, 0.15) is 11.1 Å². The number of aromatic nitrogens is 6. The van der Waals surface area contributed by atoms with E-state index in [1.165, 1.54) is 48.5 Å². The Morgan fingerprint density at radius 3 is 1.00 bits per heavy atom. The zero-order chi connectivity index (χ0) is 43.1. The van der Waals surface area contributed by atoms with Crippen molar-refractivity contribution in [2.24, 2.45) is 0 Å². The first-order valence-electron chi connectivity index (χ1n) is 19.2. The Balaban J connectivity index is 0.00000340. The molecule has 6 aromatic rings. The summed E-state index contributed by atoms with van der Waals surface area (Å²) in [7, 11) is -11.1. The van der Waals surface area contributed by atoms with Crippen molar-refractivity contribution < 1.29 is 94.5 Å². The predicted molar refractivity (Wildman–Crippen MR) is 231 cm³/mol. The van der Waals surface area contributed by atoms with Crippen LogP contribution in [-0.4, -0.2) is 108 Å². The molecule has 4 aromatic carbocycles. The average molecular weight is 925 g/mol. The number of morpholine rings is 2. The second kappa shape index (κ2) is 21.9. The van der Waals surface area contributed by atoms with E-state index in [9.17, 15) is 25.9 Å². The van der Waals surface area contributed by atoms with E-state index < -0.39 is 30.0 Å². The van der Waals surface area contributed by atoms with Gasteiger partial charge < -0.3 is 49.6 Å². The van der Waals surface area contributed by atoms with Gasteiger partial charge in [-0.15, -0.1) is 0 Å². The van der Waals surface area contributed by atoms with Gasteiger partial charge in [0.15, 0.2) is 0 Å². The van der Waals surface area contributed by atoms with Crippen LogP contribution in [0.15, 0.2) is 109 Å². The molecule has 0 radical (unpaired) electrons. The van der Waals surface area contributed by atoms with Crippen LogP contribution in [0.2, 0.25) is 0 Å². The minimum atomic E-state index is -5.57. The number of nitrogens with one attached hydrogen (secondary N) is 4. The molecule has 0 aliphatic carbocycles. The Bertz CT molecular complexity index is 2580. The third-order valence-corrected chi connectivity index (χ3v) is 11.4. The van der Waals surface area contributed by atoms with E-state index in [0.717, 1.165) is 11.4 Å². The number of nitrogens with zero attached hydrogens (tertiary/aromatic N) is 8. The third-order valence-electron chi connectivity index (χ3n) is 9.41. The van der Waals surface area contributed by atoms with E-state index in [4.69, 9.17) is 9.47 Å². The van der Waals surface area contributed by atoms with Gasteiger partial charge in [-0.25, -0.2) is 16.8 Å². The fourth-order valence-electron chi connectivity index (χ4n) is 6.51. The van der Waals surface area contributed by atoms with Gasteiger partial charge in [0.1, 0.15) is 20.2 Å². The van der Waals surface area contributed by atoms with Crippen LogP contribution >= 0.6 is 0 Å². The van der Waals surface area contributed by atoms with Crippen molar-refractivity contribution in [2.45, 2.75) is 0 Å². The van der Waals surface area contributed by atoms with Crippen LogP contribution in [0.3, 0.4) is 0 Å². The minimum Gasteiger partial charge on any atom is -0.744 e. The molecule has 0 bridgehead atoms. The van der Waals surface area contributed by atoms with E-state index in [2.05, 4.69) is 51.2 Å². The minimum absolute atomic E-state index is 0. The molecule has 4 N–H and O–H groups in total. The number of benzene rings is 4. The van der Waals surface area contributed by atoms with Gasteiger partial charge in [-0.2, -0.15) is 29.9 Å². The molecule has 8 rings (SSSR count). The maximum Gasteiger partial charge on any atom is 1.00 e. The van der Waals surface area contributed by atoms with Crippen molar-refractivity contribution in [2.75, 3.05) is 83.7 Å². The van der Waals surface area contributed by atoms with Crippen molar-refractivity contribution in [3.8, 4) is 0 Å². The summed E-state index contributed by atoms with van der Waals surface area (Å²) in [6.07, 6.45) is 0. The van der Waals surface area contributed by atoms with Crippen LogP contribution in [0, 0.1) is 0 Å². The van der Waals surface area contributed by atoms with Crippen molar-refractivity contribution in [1.29, 1.82) is 0 Å². The van der Waals surface area contributed by atoms with Crippen LogP contribution in [0.5, 0.6) is 0 Å². The quantitative estimate of drug-likeness (QED) is 0.0558. The summed E-state index contributed by atoms with van der Waals surface area (Å²) in [5.41, 5.74) is 1.50. The summed E-state index contributed by atoms with van der Waals surface area (Å²) in [5, 5.41) is 12.4. The zero-order valence-electron chi connectivity index (χ0n) is 34.7. The topological polar surface area (TPSA) is 265 Å². The third kappa shape index (κ3) is 12.7. The van der Waals surface area contributed by atoms with Gasteiger partial charge in [-0.3, -0.25) is 0 Å². The molecule has 0 amide bonds. The fraction of sp³-hybridized carbons (Fsp3) is 0.200. The maximum absolute atomic E-state index is 12.8. The molecule has 24 heteroatoms. The molecular formula is C40H38N12Na2O8S2. The molecule has 0 spiro atoms. The molecule has 4 heterocycles. The molecule has 320 valence electrons. The molecule has 2 aromatic heterocycles. The van der Waals surface area contributed by atoms with Gasteiger partial charge in [-0.1, -0.05) is 60.7 Å². The molecule has 0 saturated carbocycles. The second-order valence-electron chi connectivity index (χ2n) is 13.7. The van der Waals surface area contributed by atoms with Gasteiger partial charge in [0, 0.05) is 48.9 Å². The Labute approximate surface area is 413 Å². The van der Waals surface area contributed by atoms with Crippen LogP contribution < -0.4 is 90.2 Å². The van der Waals surface area contributed by atoms with E-state index in [0.29, 0.717) is 75.9 Å². The van der Waals surface area contributed by atoms with Crippen molar-refractivity contribution in [3.63, 3.8) is 0 Å². The van der Waals surface area contributed by atoms with Crippen molar-refractivity contribution in [1.82, 2.24) is 29.9 Å².